The van der Waals surface area contributed by atoms with Crippen molar-refractivity contribution in [2.24, 2.45) is 0 Å². The molecule has 3 heteroatoms. The molecule has 0 fully saturated rings. The molecule has 130 valence electrons. The van der Waals surface area contributed by atoms with E-state index in [2.05, 4.69) is 11.5 Å². The Morgan fingerprint density at radius 3 is 1.76 bits per heavy atom. The molecule has 0 aliphatic carbocycles. The number of Topliss-reactive ketones (excluding diaryl/α,β-unsaturated/α-hetero) is 2. The first-order valence-corrected chi connectivity index (χ1v) is 9.10. The summed E-state index contributed by atoms with van der Waals surface area (Å²) >= 11 is 0. The lowest BCUT2D eigenvalue weighted by molar-refractivity contribution is 0.100. The van der Waals surface area contributed by atoms with Crippen LogP contribution in [0.5, 0.6) is 0 Å². The van der Waals surface area contributed by atoms with Gasteiger partial charge in [0.05, 0.1) is 0 Å². The Morgan fingerprint density at radius 1 is 0.800 bits per heavy atom. The Hall–Kier alpha value is -2.42. The molecular formula is C22H25NO2. The number of carbonyl (C=O) groups is 2. The predicted molar refractivity (Wildman–Crippen MR) is 104 cm³/mol. The fourth-order valence-electron chi connectivity index (χ4n) is 3.48. The Kier molecular flexibility index (Phi) is 5.03. The third-order valence-corrected chi connectivity index (χ3v) is 4.91. The lowest BCUT2D eigenvalue weighted by atomic mass is 10.0. The number of hydrogen-bond acceptors (Lipinski definition) is 2. The molecule has 25 heavy (non-hydrogen) atoms. The summed E-state index contributed by atoms with van der Waals surface area (Å²) in [6.07, 6.45) is 4.82. The van der Waals surface area contributed by atoms with Crippen LogP contribution in [0.4, 0.5) is 0 Å². The van der Waals surface area contributed by atoms with E-state index in [9.17, 15) is 9.59 Å². The average molecular weight is 335 g/mol. The first-order chi connectivity index (χ1) is 12.0. The van der Waals surface area contributed by atoms with E-state index < -0.39 is 0 Å². The molecule has 3 aromatic rings. The molecule has 0 bridgehead atoms. The predicted octanol–water partition coefficient (Wildman–Crippen LogP) is 5.78. The first kappa shape index (κ1) is 17.4. The van der Waals surface area contributed by atoms with E-state index in [1.54, 1.807) is 13.8 Å². The summed E-state index contributed by atoms with van der Waals surface area (Å²) in [5.74, 6) is 0.127. The number of hydrogen-bond donors (Lipinski definition) is 0. The second-order valence-corrected chi connectivity index (χ2v) is 6.79. The minimum absolute atomic E-state index is 0.0634. The molecule has 0 spiro atoms. The largest absolute Gasteiger partial charge is 0.340 e. The molecule has 0 atom stereocenters. The van der Waals surface area contributed by atoms with Gasteiger partial charge < -0.3 is 4.57 Å². The number of unbranched alkanes of at least 4 members (excludes halogenated alkanes) is 3. The highest BCUT2D eigenvalue weighted by molar-refractivity contribution is 6.12. The van der Waals surface area contributed by atoms with Crippen molar-refractivity contribution < 1.29 is 9.59 Å². The van der Waals surface area contributed by atoms with Gasteiger partial charge in [0.15, 0.2) is 11.6 Å². The van der Waals surface area contributed by atoms with Crippen molar-refractivity contribution in [3.63, 3.8) is 0 Å². The Bertz CT molecular complexity index is 878. The van der Waals surface area contributed by atoms with Crippen molar-refractivity contribution in [1.82, 2.24) is 4.57 Å². The molecule has 1 aromatic heterocycles. The van der Waals surface area contributed by atoms with Gasteiger partial charge in [0.25, 0.3) is 0 Å². The highest BCUT2D eigenvalue weighted by atomic mass is 16.1. The summed E-state index contributed by atoms with van der Waals surface area (Å²) in [5.41, 5.74) is 3.70. The number of ketones is 2. The van der Waals surface area contributed by atoms with E-state index >= 15 is 0 Å². The number of nitrogens with zero attached hydrogens (tertiary/aromatic N) is 1. The maximum Gasteiger partial charge on any atom is 0.159 e. The molecular weight excluding hydrogens is 310 g/mol. The fraction of sp³-hybridized carbons (Fsp3) is 0.364. The number of aryl methyl sites for hydroxylation is 1. The quantitative estimate of drug-likeness (QED) is 0.405. The van der Waals surface area contributed by atoms with Crippen LogP contribution in [0.2, 0.25) is 0 Å². The molecule has 2 aromatic carbocycles. The van der Waals surface area contributed by atoms with Crippen LogP contribution in [0, 0.1) is 0 Å². The minimum atomic E-state index is 0.0634. The van der Waals surface area contributed by atoms with Crippen LogP contribution in [0.3, 0.4) is 0 Å². The van der Waals surface area contributed by atoms with Gasteiger partial charge in [-0.2, -0.15) is 0 Å². The normalized spacial score (nSPS) is 11.3. The van der Waals surface area contributed by atoms with Crippen molar-refractivity contribution in [2.45, 2.75) is 53.0 Å². The summed E-state index contributed by atoms with van der Waals surface area (Å²) in [6, 6.07) is 11.8. The van der Waals surface area contributed by atoms with Crippen LogP contribution in [0.15, 0.2) is 36.4 Å². The molecule has 0 amide bonds. The highest BCUT2D eigenvalue weighted by Crippen LogP contribution is 2.31. The Labute approximate surface area is 148 Å². The standard InChI is InChI=1S/C22H25NO2/c1-4-5-6-7-12-23-21-10-8-17(15(2)24)13-19(21)20-14-18(16(3)25)9-11-22(20)23/h8-11,13-14H,4-7,12H2,1-3H3. The van der Waals surface area contributed by atoms with Gasteiger partial charge in [0.2, 0.25) is 0 Å². The number of fused-ring (bicyclic) bond motifs is 3. The lowest BCUT2D eigenvalue weighted by Gasteiger charge is -2.07. The van der Waals surface area contributed by atoms with Gasteiger partial charge in [0.1, 0.15) is 0 Å². The molecule has 0 saturated heterocycles. The van der Waals surface area contributed by atoms with Crippen LogP contribution in [0.1, 0.15) is 67.2 Å². The zero-order chi connectivity index (χ0) is 18.0. The van der Waals surface area contributed by atoms with E-state index in [1.807, 2.05) is 36.4 Å². The summed E-state index contributed by atoms with van der Waals surface area (Å²) in [5, 5.41) is 2.11. The third kappa shape index (κ3) is 3.37. The van der Waals surface area contributed by atoms with Crippen LogP contribution in [-0.4, -0.2) is 16.1 Å². The van der Waals surface area contributed by atoms with Gasteiger partial charge >= 0.3 is 0 Å². The second-order valence-electron chi connectivity index (χ2n) is 6.79. The molecule has 0 unspecified atom stereocenters. The number of benzene rings is 2. The maximum absolute atomic E-state index is 11.8. The van der Waals surface area contributed by atoms with Crippen molar-refractivity contribution in [2.75, 3.05) is 0 Å². The number of rotatable bonds is 7. The van der Waals surface area contributed by atoms with Crippen molar-refractivity contribution in [3.8, 4) is 0 Å². The summed E-state index contributed by atoms with van der Waals surface area (Å²) < 4.78 is 2.33. The SMILES string of the molecule is CCCCCCn1c2ccc(C(C)=O)cc2c2cc(C(C)=O)ccc21. The molecule has 3 nitrogen and oxygen atoms in total. The smallest absolute Gasteiger partial charge is 0.159 e. The average Bonchev–Trinajstić information content (AvgIpc) is 2.91. The Morgan fingerprint density at radius 2 is 1.32 bits per heavy atom. The van der Waals surface area contributed by atoms with Crippen LogP contribution in [-0.2, 0) is 6.54 Å². The molecule has 0 radical (unpaired) electrons. The topological polar surface area (TPSA) is 39.1 Å². The van der Waals surface area contributed by atoms with Crippen LogP contribution < -0.4 is 0 Å². The zero-order valence-corrected chi connectivity index (χ0v) is 15.3. The molecule has 0 aliphatic rings. The van der Waals surface area contributed by atoms with E-state index in [1.165, 1.54) is 19.3 Å². The number of carbonyl (C=O) groups excluding carboxylic acids is 2. The first-order valence-electron chi connectivity index (χ1n) is 9.10. The maximum atomic E-state index is 11.8. The van der Waals surface area contributed by atoms with E-state index in [4.69, 9.17) is 0 Å². The summed E-state index contributed by atoms with van der Waals surface area (Å²) in [7, 11) is 0. The molecule has 3 rings (SSSR count). The second kappa shape index (κ2) is 7.22. The minimum Gasteiger partial charge on any atom is -0.340 e. The Balaban J connectivity index is 2.18. The van der Waals surface area contributed by atoms with Gasteiger partial charge in [-0.3, -0.25) is 9.59 Å². The third-order valence-electron chi connectivity index (χ3n) is 4.91. The van der Waals surface area contributed by atoms with Crippen molar-refractivity contribution in [1.29, 1.82) is 0 Å². The van der Waals surface area contributed by atoms with Gasteiger partial charge in [0, 0.05) is 39.5 Å². The zero-order valence-electron chi connectivity index (χ0n) is 15.3. The van der Waals surface area contributed by atoms with Gasteiger partial charge in [-0.05, 0) is 56.7 Å². The molecule has 1 heterocycles. The van der Waals surface area contributed by atoms with Gasteiger partial charge in [-0.1, -0.05) is 26.2 Å². The molecule has 0 N–H and O–H groups in total. The molecule has 0 saturated carbocycles. The van der Waals surface area contributed by atoms with Crippen LogP contribution >= 0.6 is 0 Å². The summed E-state index contributed by atoms with van der Waals surface area (Å²) in [6.45, 7) is 6.35. The monoisotopic (exact) mass is 335 g/mol. The lowest BCUT2D eigenvalue weighted by Crippen LogP contribution is -1.98. The van der Waals surface area contributed by atoms with E-state index in [0.29, 0.717) is 11.1 Å². The fourth-order valence-corrected chi connectivity index (χ4v) is 3.48. The number of aromatic nitrogens is 1. The van der Waals surface area contributed by atoms with E-state index in [-0.39, 0.29) is 11.6 Å². The van der Waals surface area contributed by atoms with Gasteiger partial charge in [-0.25, -0.2) is 0 Å². The van der Waals surface area contributed by atoms with Gasteiger partial charge in [-0.15, -0.1) is 0 Å². The molecule has 0 aliphatic heterocycles. The van der Waals surface area contributed by atoms with E-state index in [0.717, 1.165) is 34.8 Å². The van der Waals surface area contributed by atoms with Crippen molar-refractivity contribution >= 4 is 33.4 Å². The summed E-state index contributed by atoms with van der Waals surface area (Å²) in [4.78, 5) is 23.6. The van der Waals surface area contributed by atoms with Crippen LogP contribution in [0.25, 0.3) is 21.8 Å². The highest BCUT2D eigenvalue weighted by Gasteiger charge is 2.13. The van der Waals surface area contributed by atoms with Crippen molar-refractivity contribution in [3.05, 3.63) is 47.5 Å².